The molecular formula is C9H8O3S. The molecule has 3 nitrogen and oxygen atoms in total. The monoisotopic (exact) mass is 196 g/mol. The highest BCUT2D eigenvalue weighted by Crippen LogP contribution is 2.34. The maximum absolute atomic E-state index is 10.6. The zero-order valence-electron chi connectivity index (χ0n) is 6.77. The minimum absolute atomic E-state index is 0.479. The predicted octanol–water partition coefficient (Wildman–Crippen LogP) is 1.62. The van der Waals surface area contributed by atoms with Crippen LogP contribution in [0.5, 0.6) is 5.75 Å². The Morgan fingerprint density at radius 3 is 3.08 bits per heavy atom. The van der Waals surface area contributed by atoms with Gasteiger partial charge in [-0.15, -0.1) is 11.8 Å². The quantitative estimate of drug-likeness (QED) is 0.741. The lowest BCUT2D eigenvalue weighted by atomic mass is 10.3. The smallest absolute Gasteiger partial charge is 0.345 e. The molecule has 0 fully saturated rings. The highest BCUT2D eigenvalue weighted by Gasteiger charge is 2.25. The molecule has 0 aliphatic carbocycles. The van der Waals surface area contributed by atoms with Crippen molar-refractivity contribution >= 4 is 17.7 Å². The third-order valence-corrected chi connectivity index (χ3v) is 2.90. The van der Waals surface area contributed by atoms with Crippen LogP contribution in [0.4, 0.5) is 0 Å². The number of hydrogen-bond donors (Lipinski definition) is 1. The topological polar surface area (TPSA) is 46.5 Å². The molecule has 2 rings (SSSR count). The zero-order chi connectivity index (χ0) is 9.26. The van der Waals surface area contributed by atoms with Crippen molar-refractivity contribution in [3.63, 3.8) is 0 Å². The Morgan fingerprint density at radius 2 is 2.31 bits per heavy atom. The molecule has 13 heavy (non-hydrogen) atoms. The number of benzene rings is 1. The Kier molecular flexibility index (Phi) is 2.14. The summed E-state index contributed by atoms with van der Waals surface area (Å²) in [5.74, 6) is 0.250. The van der Waals surface area contributed by atoms with Crippen LogP contribution in [0.25, 0.3) is 0 Å². The molecule has 1 aliphatic heterocycles. The molecule has 0 unspecified atom stereocenters. The standard InChI is InChI=1S/C9H8O3S/c10-9(11)7-5-13-8-4-2-1-3-6(8)12-7/h1-4,7H,5H2,(H,10,11)/t7-/m1/s1. The summed E-state index contributed by atoms with van der Waals surface area (Å²) in [6, 6.07) is 7.47. The first-order valence-electron chi connectivity index (χ1n) is 3.88. The Balaban J connectivity index is 2.24. The lowest BCUT2D eigenvalue weighted by Gasteiger charge is -2.21. The number of carboxylic acid groups (broad SMARTS) is 1. The van der Waals surface area contributed by atoms with Crippen LogP contribution in [0.15, 0.2) is 29.2 Å². The van der Waals surface area contributed by atoms with Crippen LogP contribution in [0.2, 0.25) is 0 Å². The number of hydrogen-bond acceptors (Lipinski definition) is 3. The second-order valence-electron chi connectivity index (χ2n) is 2.70. The second-order valence-corrected chi connectivity index (χ2v) is 3.76. The molecule has 4 heteroatoms. The molecule has 0 saturated heterocycles. The minimum Gasteiger partial charge on any atom is -0.478 e. The highest BCUT2D eigenvalue weighted by atomic mass is 32.2. The number of aliphatic carboxylic acids is 1. The third-order valence-electron chi connectivity index (χ3n) is 1.78. The van der Waals surface area contributed by atoms with E-state index in [4.69, 9.17) is 9.84 Å². The summed E-state index contributed by atoms with van der Waals surface area (Å²) < 4.78 is 5.27. The van der Waals surface area contributed by atoms with Crippen LogP contribution in [-0.4, -0.2) is 22.9 Å². The molecule has 1 aromatic carbocycles. The molecule has 0 amide bonds. The van der Waals surface area contributed by atoms with E-state index in [-0.39, 0.29) is 0 Å². The average Bonchev–Trinajstić information content (AvgIpc) is 2.17. The summed E-state index contributed by atoms with van der Waals surface area (Å²) in [6.45, 7) is 0. The van der Waals surface area contributed by atoms with Gasteiger partial charge in [0.1, 0.15) is 5.75 Å². The first-order valence-corrected chi connectivity index (χ1v) is 4.87. The van der Waals surface area contributed by atoms with Gasteiger partial charge in [-0.1, -0.05) is 12.1 Å². The molecule has 0 bridgehead atoms. The highest BCUT2D eigenvalue weighted by molar-refractivity contribution is 7.99. The second kappa shape index (κ2) is 3.30. The van der Waals surface area contributed by atoms with E-state index >= 15 is 0 Å². The molecule has 1 atom stereocenters. The fourth-order valence-electron chi connectivity index (χ4n) is 1.14. The van der Waals surface area contributed by atoms with Gasteiger partial charge in [0.2, 0.25) is 6.10 Å². The van der Waals surface area contributed by atoms with Gasteiger partial charge in [-0.2, -0.15) is 0 Å². The third kappa shape index (κ3) is 1.62. The molecule has 0 radical (unpaired) electrons. The van der Waals surface area contributed by atoms with Crippen molar-refractivity contribution in [3.8, 4) is 5.75 Å². The van der Waals surface area contributed by atoms with Gasteiger partial charge in [-0.05, 0) is 12.1 Å². The maximum Gasteiger partial charge on any atom is 0.345 e. The number of carboxylic acids is 1. The van der Waals surface area contributed by atoms with E-state index in [1.165, 1.54) is 11.8 Å². The number of para-hydroxylation sites is 1. The van der Waals surface area contributed by atoms with E-state index in [0.29, 0.717) is 11.5 Å². The van der Waals surface area contributed by atoms with E-state index in [1.54, 1.807) is 6.07 Å². The van der Waals surface area contributed by atoms with Gasteiger partial charge >= 0.3 is 5.97 Å². The van der Waals surface area contributed by atoms with E-state index < -0.39 is 12.1 Å². The predicted molar refractivity (Wildman–Crippen MR) is 49.2 cm³/mol. The van der Waals surface area contributed by atoms with Crippen molar-refractivity contribution < 1.29 is 14.6 Å². The van der Waals surface area contributed by atoms with Crippen molar-refractivity contribution in [2.24, 2.45) is 0 Å². The number of ether oxygens (including phenoxy) is 1. The summed E-state index contributed by atoms with van der Waals surface area (Å²) in [4.78, 5) is 11.6. The van der Waals surface area contributed by atoms with Crippen LogP contribution < -0.4 is 4.74 Å². The van der Waals surface area contributed by atoms with Crippen molar-refractivity contribution in [1.29, 1.82) is 0 Å². The molecule has 68 valence electrons. The van der Waals surface area contributed by atoms with Gasteiger partial charge in [0, 0.05) is 10.6 Å². The lowest BCUT2D eigenvalue weighted by Crippen LogP contribution is -2.31. The summed E-state index contributed by atoms with van der Waals surface area (Å²) >= 11 is 1.52. The van der Waals surface area contributed by atoms with Crippen LogP contribution in [0.3, 0.4) is 0 Å². The Labute approximate surface area is 79.7 Å². The molecule has 1 aromatic rings. The first-order chi connectivity index (χ1) is 6.27. The minimum atomic E-state index is -0.901. The van der Waals surface area contributed by atoms with Crippen molar-refractivity contribution in [2.45, 2.75) is 11.0 Å². The molecular weight excluding hydrogens is 188 g/mol. The van der Waals surface area contributed by atoms with E-state index in [1.807, 2.05) is 18.2 Å². The van der Waals surface area contributed by atoms with Crippen LogP contribution in [-0.2, 0) is 4.79 Å². The molecule has 0 aromatic heterocycles. The van der Waals surface area contributed by atoms with E-state index in [9.17, 15) is 4.79 Å². The number of rotatable bonds is 1. The normalized spacial score (nSPS) is 20.2. The fraction of sp³-hybridized carbons (Fsp3) is 0.222. The van der Waals surface area contributed by atoms with Crippen LogP contribution in [0, 0.1) is 0 Å². The van der Waals surface area contributed by atoms with E-state index in [2.05, 4.69) is 0 Å². The Bertz CT molecular complexity index is 337. The van der Waals surface area contributed by atoms with Crippen molar-refractivity contribution in [3.05, 3.63) is 24.3 Å². The summed E-state index contributed by atoms with van der Waals surface area (Å²) in [5.41, 5.74) is 0. The van der Waals surface area contributed by atoms with Crippen molar-refractivity contribution in [2.75, 3.05) is 5.75 Å². The average molecular weight is 196 g/mol. The zero-order valence-corrected chi connectivity index (χ0v) is 7.58. The van der Waals surface area contributed by atoms with Gasteiger partial charge in [0.15, 0.2) is 0 Å². The summed E-state index contributed by atoms with van der Waals surface area (Å²) in [5, 5.41) is 8.73. The Hall–Kier alpha value is -1.16. The van der Waals surface area contributed by atoms with Gasteiger partial charge < -0.3 is 9.84 Å². The molecule has 1 aliphatic rings. The van der Waals surface area contributed by atoms with Crippen LogP contribution in [0.1, 0.15) is 0 Å². The van der Waals surface area contributed by atoms with Crippen LogP contribution >= 0.6 is 11.8 Å². The van der Waals surface area contributed by atoms with Gasteiger partial charge in [0.25, 0.3) is 0 Å². The fourth-order valence-corrected chi connectivity index (χ4v) is 2.12. The number of fused-ring (bicyclic) bond motifs is 1. The first kappa shape index (κ1) is 8.44. The molecule has 1 N–H and O–H groups in total. The van der Waals surface area contributed by atoms with Crippen molar-refractivity contribution in [1.82, 2.24) is 0 Å². The summed E-state index contributed by atoms with van der Waals surface area (Å²) in [7, 11) is 0. The van der Waals surface area contributed by atoms with Gasteiger partial charge in [0.05, 0.1) is 0 Å². The van der Waals surface area contributed by atoms with E-state index in [0.717, 1.165) is 4.90 Å². The van der Waals surface area contributed by atoms with Gasteiger partial charge in [-0.25, -0.2) is 4.79 Å². The molecule has 0 spiro atoms. The largest absolute Gasteiger partial charge is 0.478 e. The summed E-state index contributed by atoms with van der Waals surface area (Å²) in [6.07, 6.45) is -0.708. The number of carbonyl (C=O) groups is 1. The molecule has 0 saturated carbocycles. The maximum atomic E-state index is 10.6. The lowest BCUT2D eigenvalue weighted by molar-refractivity contribution is -0.144. The Morgan fingerprint density at radius 1 is 1.54 bits per heavy atom. The molecule has 1 heterocycles. The number of thioether (sulfide) groups is 1. The SMILES string of the molecule is O=C(O)[C@H]1CSc2ccccc2O1. The van der Waals surface area contributed by atoms with Gasteiger partial charge in [-0.3, -0.25) is 0 Å².